The molecule has 0 radical (unpaired) electrons. The summed E-state index contributed by atoms with van der Waals surface area (Å²) in [6.45, 7) is 0.373. The first-order valence-electron chi connectivity index (χ1n) is 10.1. The third-order valence-electron chi connectivity index (χ3n) is 5.12. The standard InChI is InChI=1S/C25H23N3O3S/c1-31-18-10-13-21-20(14-18)22(28-24(29)17-6-4-3-5-7-17)23(27-21)25(30)26-15-16-8-11-19(32-2)12-9-16/h3-14,27H,15H2,1-2H3,(H,26,30)(H,28,29). The molecule has 1 heterocycles. The number of H-pyrrole nitrogens is 1. The van der Waals surface area contributed by atoms with Crippen LogP contribution in [0.1, 0.15) is 26.4 Å². The van der Waals surface area contributed by atoms with E-state index in [9.17, 15) is 9.59 Å². The fourth-order valence-electron chi connectivity index (χ4n) is 3.39. The van der Waals surface area contributed by atoms with Crippen LogP contribution in [0.5, 0.6) is 5.75 Å². The van der Waals surface area contributed by atoms with E-state index < -0.39 is 0 Å². The molecule has 2 amide bonds. The Morgan fingerprint density at radius 2 is 1.72 bits per heavy atom. The SMILES string of the molecule is COc1ccc2[nH]c(C(=O)NCc3ccc(SC)cc3)c(NC(=O)c3ccccc3)c2c1. The highest BCUT2D eigenvalue weighted by Crippen LogP contribution is 2.31. The average molecular weight is 446 g/mol. The molecule has 4 aromatic rings. The molecular formula is C25H23N3O3S. The number of fused-ring (bicyclic) bond motifs is 1. The number of amides is 2. The van der Waals surface area contributed by atoms with Gasteiger partial charge in [-0.05, 0) is 54.3 Å². The van der Waals surface area contributed by atoms with Crippen LogP contribution in [0, 0.1) is 0 Å². The molecule has 6 nitrogen and oxygen atoms in total. The van der Waals surface area contributed by atoms with Crippen molar-refractivity contribution >= 4 is 40.2 Å². The summed E-state index contributed by atoms with van der Waals surface area (Å²) < 4.78 is 5.33. The van der Waals surface area contributed by atoms with Crippen LogP contribution >= 0.6 is 11.8 Å². The summed E-state index contributed by atoms with van der Waals surface area (Å²) in [6, 6.07) is 22.3. The highest BCUT2D eigenvalue weighted by molar-refractivity contribution is 7.98. The van der Waals surface area contributed by atoms with E-state index in [2.05, 4.69) is 15.6 Å². The van der Waals surface area contributed by atoms with E-state index in [0.29, 0.717) is 34.6 Å². The Hall–Kier alpha value is -3.71. The molecule has 0 fully saturated rings. The maximum atomic E-state index is 13.1. The number of hydrogen-bond donors (Lipinski definition) is 3. The number of anilines is 1. The number of hydrogen-bond acceptors (Lipinski definition) is 4. The minimum absolute atomic E-state index is 0.290. The number of rotatable bonds is 7. The van der Waals surface area contributed by atoms with Crippen molar-refractivity contribution in [1.82, 2.24) is 10.3 Å². The van der Waals surface area contributed by atoms with E-state index in [0.717, 1.165) is 16.0 Å². The summed E-state index contributed by atoms with van der Waals surface area (Å²) >= 11 is 1.67. The summed E-state index contributed by atoms with van der Waals surface area (Å²) in [7, 11) is 1.58. The molecule has 32 heavy (non-hydrogen) atoms. The second-order valence-electron chi connectivity index (χ2n) is 7.14. The van der Waals surface area contributed by atoms with Crippen LogP contribution in [-0.2, 0) is 6.54 Å². The van der Waals surface area contributed by atoms with Crippen molar-refractivity contribution in [3.8, 4) is 5.75 Å². The van der Waals surface area contributed by atoms with Crippen molar-refractivity contribution in [3.63, 3.8) is 0 Å². The predicted molar refractivity (Wildman–Crippen MR) is 129 cm³/mol. The van der Waals surface area contributed by atoms with Crippen molar-refractivity contribution in [2.24, 2.45) is 0 Å². The van der Waals surface area contributed by atoms with Crippen LogP contribution in [0.3, 0.4) is 0 Å². The van der Waals surface area contributed by atoms with Gasteiger partial charge in [0.05, 0.1) is 12.8 Å². The lowest BCUT2D eigenvalue weighted by molar-refractivity contribution is 0.0947. The molecule has 7 heteroatoms. The normalized spacial score (nSPS) is 10.7. The van der Waals surface area contributed by atoms with Crippen LogP contribution in [0.15, 0.2) is 77.7 Å². The number of aromatic amines is 1. The van der Waals surface area contributed by atoms with Crippen molar-refractivity contribution in [3.05, 3.63) is 89.6 Å². The van der Waals surface area contributed by atoms with Crippen molar-refractivity contribution in [2.45, 2.75) is 11.4 Å². The van der Waals surface area contributed by atoms with Crippen LogP contribution < -0.4 is 15.4 Å². The molecule has 0 bridgehead atoms. The van der Waals surface area contributed by atoms with Gasteiger partial charge in [0.25, 0.3) is 11.8 Å². The largest absolute Gasteiger partial charge is 0.497 e. The zero-order valence-electron chi connectivity index (χ0n) is 17.8. The molecule has 4 rings (SSSR count). The Morgan fingerprint density at radius 1 is 0.969 bits per heavy atom. The number of ether oxygens (including phenoxy) is 1. The Labute approximate surface area is 190 Å². The van der Waals surface area contributed by atoms with Crippen LogP contribution in [0.4, 0.5) is 5.69 Å². The monoisotopic (exact) mass is 445 g/mol. The van der Waals surface area contributed by atoms with Gasteiger partial charge in [0, 0.05) is 27.9 Å². The van der Waals surface area contributed by atoms with Gasteiger partial charge >= 0.3 is 0 Å². The molecule has 0 atom stereocenters. The number of methoxy groups -OCH3 is 1. The van der Waals surface area contributed by atoms with E-state index in [1.807, 2.05) is 42.7 Å². The number of benzene rings is 3. The summed E-state index contributed by atoms with van der Waals surface area (Å²) in [5, 5.41) is 6.54. The van der Waals surface area contributed by atoms with Gasteiger partial charge in [-0.2, -0.15) is 0 Å². The third-order valence-corrected chi connectivity index (χ3v) is 5.86. The van der Waals surface area contributed by atoms with Crippen LogP contribution in [0.25, 0.3) is 10.9 Å². The molecule has 0 saturated carbocycles. The molecule has 0 spiro atoms. The second-order valence-corrected chi connectivity index (χ2v) is 8.02. The third kappa shape index (κ3) is 4.63. The summed E-state index contributed by atoms with van der Waals surface area (Å²) in [4.78, 5) is 30.2. The molecule has 0 aliphatic heterocycles. The van der Waals surface area contributed by atoms with E-state index in [-0.39, 0.29) is 11.8 Å². The first kappa shape index (κ1) is 21.5. The molecule has 0 aliphatic rings. The number of nitrogens with one attached hydrogen (secondary N) is 3. The van der Waals surface area contributed by atoms with Gasteiger partial charge in [0.1, 0.15) is 11.4 Å². The minimum Gasteiger partial charge on any atom is -0.497 e. The predicted octanol–water partition coefficient (Wildman–Crippen LogP) is 5.08. The van der Waals surface area contributed by atoms with E-state index >= 15 is 0 Å². The van der Waals surface area contributed by atoms with Crippen molar-refractivity contribution < 1.29 is 14.3 Å². The molecule has 0 saturated heterocycles. The maximum Gasteiger partial charge on any atom is 0.270 e. The number of thioether (sulfide) groups is 1. The van der Waals surface area contributed by atoms with Gasteiger partial charge in [-0.1, -0.05) is 30.3 Å². The van der Waals surface area contributed by atoms with Gasteiger partial charge in [-0.15, -0.1) is 11.8 Å². The maximum absolute atomic E-state index is 13.1. The fraction of sp³-hybridized carbons (Fsp3) is 0.120. The molecule has 162 valence electrons. The van der Waals surface area contributed by atoms with Gasteiger partial charge in [0.2, 0.25) is 0 Å². The number of aromatic nitrogens is 1. The summed E-state index contributed by atoms with van der Waals surface area (Å²) in [5.41, 5.74) is 2.93. The lowest BCUT2D eigenvalue weighted by Gasteiger charge is -2.09. The Bertz CT molecular complexity index is 1250. The molecule has 3 N–H and O–H groups in total. The smallest absolute Gasteiger partial charge is 0.270 e. The van der Waals surface area contributed by atoms with Crippen LogP contribution in [-0.4, -0.2) is 30.2 Å². The first-order valence-corrected chi connectivity index (χ1v) is 11.3. The summed E-state index contributed by atoms with van der Waals surface area (Å²) in [6.07, 6.45) is 2.02. The van der Waals surface area contributed by atoms with E-state index in [1.165, 1.54) is 0 Å². The highest BCUT2D eigenvalue weighted by atomic mass is 32.2. The van der Waals surface area contributed by atoms with E-state index in [4.69, 9.17) is 4.74 Å². The van der Waals surface area contributed by atoms with Crippen molar-refractivity contribution in [2.75, 3.05) is 18.7 Å². The number of carbonyl (C=O) groups is 2. The average Bonchev–Trinajstić information content (AvgIpc) is 3.20. The number of carbonyl (C=O) groups excluding carboxylic acids is 2. The topological polar surface area (TPSA) is 83.2 Å². The Kier molecular flexibility index (Phi) is 6.47. The van der Waals surface area contributed by atoms with Gasteiger partial charge in [0.15, 0.2) is 0 Å². The first-order chi connectivity index (χ1) is 15.6. The van der Waals surface area contributed by atoms with Gasteiger partial charge < -0.3 is 20.4 Å². The second kappa shape index (κ2) is 9.62. The molecular weight excluding hydrogens is 422 g/mol. The minimum atomic E-state index is -0.308. The highest BCUT2D eigenvalue weighted by Gasteiger charge is 2.20. The summed E-state index contributed by atoms with van der Waals surface area (Å²) in [5.74, 6) is 0.0287. The van der Waals surface area contributed by atoms with Crippen molar-refractivity contribution in [1.29, 1.82) is 0 Å². The van der Waals surface area contributed by atoms with Crippen LogP contribution in [0.2, 0.25) is 0 Å². The molecule has 1 aromatic heterocycles. The van der Waals surface area contributed by atoms with E-state index in [1.54, 1.807) is 55.3 Å². The Morgan fingerprint density at radius 3 is 2.41 bits per heavy atom. The lowest BCUT2D eigenvalue weighted by atomic mass is 10.1. The zero-order chi connectivity index (χ0) is 22.5. The molecule has 3 aromatic carbocycles. The Balaban J connectivity index is 1.63. The lowest BCUT2D eigenvalue weighted by Crippen LogP contribution is -2.25. The molecule has 0 unspecified atom stereocenters. The fourth-order valence-corrected chi connectivity index (χ4v) is 3.80. The molecule has 0 aliphatic carbocycles. The quantitative estimate of drug-likeness (QED) is 0.347. The van der Waals surface area contributed by atoms with Gasteiger partial charge in [-0.25, -0.2) is 0 Å². The zero-order valence-corrected chi connectivity index (χ0v) is 18.6. The van der Waals surface area contributed by atoms with Gasteiger partial charge in [-0.3, -0.25) is 9.59 Å².